The molecular formula is C19H23ClN4O3S. The molecule has 1 aromatic carbocycles. The summed E-state index contributed by atoms with van der Waals surface area (Å²) in [5.74, 6) is -0.0361. The van der Waals surface area contributed by atoms with Crippen LogP contribution in [-0.2, 0) is 16.4 Å². The summed E-state index contributed by atoms with van der Waals surface area (Å²) in [5.41, 5.74) is 3.18. The fourth-order valence-electron chi connectivity index (χ4n) is 3.83. The van der Waals surface area contributed by atoms with Gasteiger partial charge in [0.25, 0.3) is 5.91 Å². The Labute approximate surface area is 171 Å². The van der Waals surface area contributed by atoms with Crippen molar-refractivity contribution in [2.24, 2.45) is 0 Å². The van der Waals surface area contributed by atoms with E-state index >= 15 is 0 Å². The molecule has 2 aromatic rings. The highest BCUT2D eigenvalue weighted by Crippen LogP contribution is 2.32. The Morgan fingerprint density at radius 2 is 2.07 bits per heavy atom. The van der Waals surface area contributed by atoms with Gasteiger partial charge in [0.1, 0.15) is 0 Å². The van der Waals surface area contributed by atoms with E-state index in [-0.39, 0.29) is 24.4 Å². The predicted octanol–water partition coefficient (Wildman–Crippen LogP) is 1.61. The summed E-state index contributed by atoms with van der Waals surface area (Å²) in [6.07, 6.45) is 5.35. The number of amides is 1. The highest BCUT2D eigenvalue weighted by atomic mass is 35.5. The van der Waals surface area contributed by atoms with E-state index in [2.05, 4.69) is 10.3 Å². The summed E-state index contributed by atoms with van der Waals surface area (Å²) in [6.45, 7) is 2.47. The van der Waals surface area contributed by atoms with Crippen LogP contribution in [0.2, 0.25) is 0 Å². The van der Waals surface area contributed by atoms with Crippen molar-refractivity contribution in [2.75, 3.05) is 36.7 Å². The Morgan fingerprint density at radius 3 is 2.79 bits per heavy atom. The van der Waals surface area contributed by atoms with Gasteiger partial charge in [-0.1, -0.05) is 6.07 Å². The molecule has 4 rings (SSSR count). The number of hydrogen-bond donors (Lipinski definition) is 1. The summed E-state index contributed by atoms with van der Waals surface area (Å²) in [5, 5.41) is 3.34. The number of benzene rings is 1. The molecule has 9 heteroatoms. The van der Waals surface area contributed by atoms with Gasteiger partial charge in [-0.25, -0.2) is 8.42 Å². The number of rotatable bonds is 3. The second kappa shape index (κ2) is 8.06. The number of aromatic nitrogens is 1. The van der Waals surface area contributed by atoms with Crippen LogP contribution in [0, 0.1) is 0 Å². The quantitative estimate of drug-likeness (QED) is 0.812. The highest BCUT2D eigenvalue weighted by Gasteiger charge is 2.31. The van der Waals surface area contributed by atoms with Crippen LogP contribution >= 0.6 is 12.4 Å². The van der Waals surface area contributed by atoms with Crippen molar-refractivity contribution in [2.45, 2.75) is 12.5 Å². The predicted molar refractivity (Wildman–Crippen MR) is 110 cm³/mol. The van der Waals surface area contributed by atoms with Crippen LogP contribution in [0.25, 0.3) is 0 Å². The van der Waals surface area contributed by atoms with Gasteiger partial charge in [-0.05, 0) is 41.8 Å². The van der Waals surface area contributed by atoms with Gasteiger partial charge >= 0.3 is 0 Å². The largest absolute Gasteiger partial charge is 0.329 e. The topological polar surface area (TPSA) is 82.6 Å². The zero-order valence-electron chi connectivity index (χ0n) is 15.5. The number of nitrogens with zero attached hydrogens (tertiary/aromatic N) is 3. The molecule has 1 unspecified atom stereocenters. The van der Waals surface area contributed by atoms with Crippen LogP contribution in [0.3, 0.4) is 0 Å². The molecular weight excluding hydrogens is 400 g/mol. The first-order valence-electron chi connectivity index (χ1n) is 8.97. The third-order valence-electron chi connectivity index (χ3n) is 5.15. The average Bonchev–Trinajstić information content (AvgIpc) is 3.12. The summed E-state index contributed by atoms with van der Waals surface area (Å²) >= 11 is 0. The number of halogens is 1. The standard InChI is InChI=1S/C19H22N4O3S.ClH/c1-27(25,26)23-9-6-14-11-15(4-5-17(14)23)19(24)22-10-8-21-13-18(22)16-3-2-7-20-12-16;/h2-5,7,11-12,18,21H,6,8-10,13H2,1H3;1H. The first kappa shape index (κ1) is 20.6. The number of carbonyl (C=O) groups excluding carboxylic acids is 1. The van der Waals surface area contributed by atoms with E-state index in [0.29, 0.717) is 37.3 Å². The summed E-state index contributed by atoms with van der Waals surface area (Å²) in [6, 6.07) is 9.11. The number of anilines is 1. The Hall–Kier alpha value is -2.16. The number of hydrogen-bond acceptors (Lipinski definition) is 5. The van der Waals surface area contributed by atoms with Crippen LogP contribution in [-0.4, -0.2) is 56.6 Å². The number of carbonyl (C=O) groups is 1. The minimum atomic E-state index is -3.29. The van der Waals surface area contributed by atoms with E-state index in [1.807, 2.05) is 23.1 Å². The molecule has 2 aliphatic rings. The van der Waals surface area contributed by atoms with Crippen molar-refractivity contribution >= 4 is 34.0 Å². The summed E-state index contributed by atoms with van der Waals surface area (Å²) in [4.78, 5) is 19.3. The maximum Gasteiger partial charge on any atom is 0.254 e. The Kier molecular flexibility index (Phi) is 5.92. The van der Waals surface area contributed by atoms with Crippen molar-refractivity contribution in [3.8, 4) is 0 Å². The molecule has 1 fully saturated rings. The molecule has 3 heterocycles. The van der Waals surface area contributed by atoms with E-state index < -0.39 is 10.0 Å². The van der Waals surface area contributed by atoms with Crippen molar-refractivity contribution in [3.63, 3.8) is 0 Å². The molecule has 150 valence electrons. The van der Waals surface area contributed by atoms with Gasteiger partial charge in [-0.2, -0.15) is 0 Å². The Balaban J connectivity index is 0.00000225. The molecule has 1 atom stereocenters. The molecule has 2 aliphatic heterocycles. The minimum absolute atomic E-state index is 0. The van der Waals surface area contributed by atoms with Crippen molar-refractivity contribution < 1.29 is 13.2 Å². The maximum atomic E-state index is 13.2. The van der Waals surface area contributed by atoms with Crippen molar-refractivity contribution in [3.05, 3.63) is 59.4 Å². The first-order valence-corrected chi connectivity index (χ1v) is 10.8. The molecule has 28 heavy (non-hydrogen) atoms. The van der Waals surface area contributed by atoms with Gasteiger partial charge in [-0.3, -0.25) is 14.1 Å². The normalized spacial score (nSPS) is 19.1. The fourth-order valence-corrected chi connectivity index (χ4v) is 4.79. The lowest BCUT2D eigenvalue weighted by atomic mass is 10.0. The molecule has 1 amide bonds. The second-order valence-corrected chi connectivity index (χ2v) is 8.84. The van der Waals surface area contributed by atoms with E-state index in [1.165, 1.54) is 10.6 Å². The monoisotopic (exact) mass is 422 g/mol. The smallest absolute Gasteiger partial charge is 0.254 e. The molecule has 0 aliphatic carbocycles. The molecule has 0 bridgehead atoms. The summed E-state index contributed by atoms with van der Waals surface area (Å²) in [7, 11) is -3.29. The number of pyridine rings is 1. The maximum absolute atomic E-state index is 13.2. The zero-order valence-corrected chi connectivity index (χ0v) is 17.2. The van der Waals surface area contributed by atoms with Crippen LogP contribution in [0.1, 0.15) is 27.5 Å². The Bertz CT molecular complexity index is 968. The lowest BCUT2D eigenvalue weighted by Gasteiger charge is -2.36. The van der Waals surface area contributed by atoms with E-state index in [4.69, 9.17) is 0 Å². The van der Waals surface area contributed by atoms with Crippen molar-refractivity contribution in [1.82, 2.24) is 15.2 Å². The molecule has 7 nitrogen and oxygen atoms in total. The van der Waals surface area contributed by atoms with Crippen LogP contribution in [0.5, 0.6) is 0 Å². The number of piperazine rings is 1. The van der Waals surface area contributed by atoms with Gasteiger partial charge < -0.3 is 10.2 Å². The Morgan fingerprint density at radius 1 is 1.25 bits per heavy atom. The number of fused-ring (bicyclic) bond motifs is 1. The van der Waals surface area contributed by atoms with Crippen LogP contribution in [0.4, 0.5) is 5.69 Å². The molecule has 1 N–H and O–H groups in total. The van der Waals surface area contributed by atoms with Gasteiger partial charge in [0.2, 0.25) is 10.0 Å². The zero-order chi connectivity index (χ0) is 19.0. The van der Waals surface area contributed by atoms with Gasteiger partial charge in [0.05, 0.1) is 18.0 Å². The van der Waals surface area contributed by atoms with Gasteiger partial charge in [0, 0.05) is 44.1 Å². The molecule has 0 radical (unpaired) electrons. The first-order chi connectivity index (χ1) is 12.9. The SMILES string of the molecule is CS(=O)(=O)N1CCc2cc(C(=O)N3CCNCC3c3cccnc3)ccc21.Cl. The van der Waals surface area contributed by atoms with Gasteiger partial charge in [0.15, 0.2) is 0 Å². The van der Waals surface area contributed by atoms with Crippen LogP contribution in [0.15, 0.2) is 42.7 Å². The van der Waals surface area contributed by atoms with E-state index in [0.717, 1.165) is 17.7 Å². The van der Waals surface area contributed by atoms with E-state index in [1.54, 1.807) is 24.5 Å². The fraction of sp³-hybridized carbons (Fsp3) is 0.368. The van der Waals surface area contributed by atoms with Crippen LogP contribution < -0.4 is 9.62 Å². The molecule has 0 spiro atoms. The minimum Gasteiger partial charge on any atom is -0.329 e. The molecule has 0 saturated carbocycles. The number of sulfonamides is 1. The highest BCUT2D eigenvalue weighted by molar-refractivity contribution is 7.92. The van der Waals surface area contributed by atoms with Gasteiger partial charge in [-0.15, -0.1) is 12.4 Å². The van der Waals surface area contributed by atoms with E-state index in [9.17, 15) is 13.2 Å². The lowest BCUT2D eigenvalue weighted by molar-refractivity contribution is 0.0634. The lowest BCUT2D eigenvalue weighted by Crippen LogP contribution is -2.48. The molecule has 1 aromatic heterocycles. The third-order valence-corrected chi connectivity index (χ3v) is 6.33. The number of nitrogens with one attached hydrogen (secondary N) is 1. The summed E-state index contributed by atoms with van der Waals surface area (Å²) < 4.78 is 25.2. The average molecular weight is 423 g/mol. The molecule has 1 saturated heterocycles. The van der Waals surface area contributed by atoms with Crippen molar-refractivity contribution in [1.29, 1.82) is 0 Å². The second-order valence-electron chi connectivity index (χ2n) is 6.93. The third kappa shape index (κ3) is 3.85.